The van der Waals surface area contributed by atoms with E-state index < -0.39 is 30.4 Å². The fourth-order valence-corrected chi connectivity index (χ4v) is 1.33. The second-order valence-corrected chi connectivity index (χ2v) is 3.46. The van der Waals surface area contributed by atoms with Crippen molar-refractivity contribution in [3.8, 4) is 6.07 Å². The van der Waals surface area contributed by atoms with Gasteiger partial charge >= 0.3 is 5.97 Å². The number of benzene rings is 1. The number of aliphatic carboxylic acids is 1. The predicted octanol–water partition coefficient (Wildman–Crippen LogP) is 0.566. The van der Waals surface area contributed by atoms with Crippen LogP contribution in [0.5, 0.6) is 0 Å². The first-order valence-electron chi connectivity index (χ1n) is 4.73. The molecule has 0 bridgehead atoms. The quantitative estimate of drug-likeness (QED) is 0.712. The van der Waals surface area contributed by atoms with Crippen LogP contribution < -0.4 is 0 Å². The van der Waals surface area contributed by atoms with Crippen molar-refractivity contribution in [1.29, 1.82) is 5.26 Å². The van der Waals surface area contributed by atoms with Crippen molar-refractivity contribution in [1.82, 2.24) is 0 Å². The number of rotatable bonds is 4. The highest BCUT2D eigenvalue weighted by atomic mass is 19.1. The molecule has 0 aromatic heterocycles. The Morgan fingerprint density at radius 3 is 2.59 bits per heavy atom. The summed E-state index contributed by atoms with van der Waals surface area (Å²) in [4.78, 5) is 10.3. The van der Waals surface area contributed by atoms with Crippen molar-refractivity contribution in [3.63, 3.8) is 0 Å². The van der Waals surface area contributed by atoms with Crippen LogP contribution in [0.25, 0.3) is 0 Å². The summed E-state index contributed by atoms with van der Waals surface area (Å²) in [7, 11) is 0. The number of hydrogen-bond acceptors (Lipinski definition) is 4. The van der Waals surface area contributed by atoms with Gasteiger partial charge in [-0.15, -0.1) is 0 Å². The lowest BCUT2D eigenvalue weighted by Gasteiger charge is -2.17. The topological polar surface area (TPSA) is 102 Å². The second-order valence-electron chi connectivity index (χ2n) is 3.46. The summed E-state index contributed by atoms with van der Waals surface area (Å²) in [6.45, 7) is 0. The van der Waals surface area contributed by atoms with Crippen molar-refractivity contribution in [2.75, 3.05) is 0 Å². The molecule has 1 aromatic carbocycles. The minimum absolute atomic E-state index is 0.0752. The standard InChI is InChI=1S/C11H10FNO4/c12-8-3-6(5-13)1-2-7(8)11(17)9(14)4-10(15)16/h1-3,9,11,14,17H,4H2,(H,15,16). The Morgan fingerprint density at radius 1 is 1.47 bits per heavy atom. The largest absolute Gasteiger partial charge is 0.481 e. The van der Waals surface area contributed by atoms with E-state index in [1.807, 2.05) is 0 Å². The first-order chi connectivity index (χ1) is 7.95. The summed E-state index contributed by atoms with van der Waals surface area (Å²) in [6, 6.07) is 5.04. The third-order valence-electron chi connectivity index (χ3n) is 2.20. The molecule has 1 rings (SSSR count). The van der Waals surface area contributed by atoms with Gasteiger partial charge in [0, 0.05) is 5.56 Å². The molecule has 0 saturated heterocycles. The molecule has 0 fully saturated rings. The molecule has 2 atom stereocenters. The molecule has 0 amide bonds. The van der Waals surface area contributed by atoms with Crippen LogP contribution >= 0.6 is 0 Å². The molecule has 0 aliphatic carbocycles. The van der Waals surface area contributed by atoms with E-state index in [9.17, 15) is 19.4 Å². The maximum Gasteiger partial charge on any atom is 0.306 e. The van der Waals surface area contributed by atoms with E-state index in [-0.39, 0.29) is 11.1 Å². The van der Waals surface area contributed by atoms with Gasteiger partial charge in [0.15, 0.2) is 0 Å². The lowest BCUT2D eigenvalue weighted by molar-refractivity contribution is -0.141. The van der Waals surface area contributed by atoms with E-state index in [1.165, 1.54) is 6.07 Å². The highest BCUT2D eigenvalue weighted by Crippen LogP contribution is 2.22. The summed E-state index contributed by atoms with van der Waals surface area (Å²) in [5.74, 6) is -2.16. The molecule has 0 aliphatic heterocycles. The van der Waals surface area contributed by atoms with E-state index in [2.05, 4.69) is 0 Å². The number of nitrogens with zero attached hydrogens (tertiary/aromatic N) is 1. The number of carboxylic acids is 1. The van der Waals surface area contributed by atoms with Crippen molar-refractivity contribution >= 4 is 5.97 Å². The van der Waals surface area contributed by atoms with Crippen LogP contribution in [0, 0.1) is 17.1 Å². The molecule has 3 N–H and O–H groups in total. The summed E-state index contributed by atoms with van der Waals surface area (Å²) in [5.41, 5.74) is -0.163. The number of carboxylic acid groups (broad SMARTS) is 1. The van der Waals surface area contributed by atoms with Crippen molar-refractivity contribution in [3.05, 3.63) is 35.1 Å². The van der Waals surface area contributed by atoms with Crippen LogP contribution in [0.4, 0.5) is 4.39 Å². The lowest BCUT2D eigenvalue weighted by atomic mass is 10.0. The summed E-state index contributed by atoms with van der Waals surface area (Å²) in [5, 5.41) is 35.8. The fourth-order valence-electron chi connectivity index (χ4n) is 1.33. The Morgan fingerprint density at radius 2 is 2.12 bits per heavy atom. The highest BCUT2D eigenvalue weighted by Gasteiger charge is 2.23. The first kappa shape index (κ1) is 13.1. The summed E-state index contributed by atoms with van der Waals surface area (Å²) >= 11 is 0. The average molecular weight is 239 g/mol. The molecule has 5 nitrogen and oxygen atoms in total. The molecule has 0 heterocycles. The van der Waals surface area contributed by atoms with Crippen LogP contribution in [0.1, 0.15) is 23.7 Å². The lowest BCUT2D eigenvalue weighted by Crippen LogP contribution is -2.22. The first-order valence-corrected chi connectivity index (χ1v) is 4.73. The fraction of sp³-hybridized carbons (Fsp3) is 0.273. The minimum atomic E-state index is -1.64. The van der Waals surface area contributed by atoms with Crippen LogP contribution in [0.3, 0.4) is 0 Å². The van der Waals surface area contributed by atoms with Crippen LogP contribution in [0.2, 0.25) is 0 Å². The number of nitriles is 1. The van der Waals surface area contributed by atoms with Crippen molar-refractivity contribution in [2.45, 2.75) is 18.6 Å². The van der Waals surface area contributed by atoms with Gasteiger partial charge < -0.3 is 15.3 Å². The molecule has 1 aromatic rings. The summed E-state index contributed by atoms with van der Waals surface area (Å²) in [6.07, 6.45) is -3.94. The summed E-state index contributed by atoms with van der Waals surface area (Å²) < 4.78 is 13.4. The third-order valence-corrected chi connectivity index (χ3v) is 2.20. The van der Waals surface area contributed by atoms with Crippen LogP contribution in [-0.2, 0) is 4.79 Å². The van der Waals surface area contributed by atoms with Gasteiger partial charge in [-0.2, -0.15) is 5.26 Å². The molecular formula is C11H10FNO4. The van der Waals surface area contributed by atoms with Gasteiger partial charge in [0.05, 0.1) is 24.2 Å². The maximum absolute atomic E-state index is 13.4. The SMILES string of the molecule is N#Cc1ccc(C(O)C(O)CC(=O)O)c(F)c1. The smallest absolute Gasteiger partial charge is 0.306 e. The molecule has 6 heteroatoms. The van der Waals surface area contributed by atoms with Gasteiger partial charge in [-0.05, 0) is 12.1 Å². The molecule has 2 unspecified atom stereocenters. The molecule has 0 radical (unpaired) electrons. The normalized spacial score (nSPS) is 13.8. The monoisotopic (exact) mass is 239 g/mol. The Hall–Kier alpha value is -1.97. The van der Waals surface area contributed by atoms with Gasteiger partial charge in [0.2, 0.25) is 0 Å². The highest BCUT2D eigenvalue weighted by molar-refractivity contribution is 5.67. The van der Waals surface area contributed by atoms with E-state index in [0.29, 0.717) is 0 Å². The number of carbonyl (C=O) groups is 1. The predicted molar refractivity (Wildman–Crippen MR) is 54.3 cm³/mol. The maximum atomic E-state index is 13.4. The van der Waals surface area contributed by atoms with E-state index in [4.69, 9.17) is 10.4 Å². The minimum Gasteiger partial charge on any atom is -0.481 e. The zero-order valence-electron chi connectivity index (χ0n) is 8.67. The number of aliphatic hydroxyl groups is 2. The van der Waals surface area contributed by atoms with Gasteiger partial charge in [-0.3, -0.25) is 4.79 Å². The third kappa shape index (κ3) is 3.24. The zero-order valence-corrected chi connectivity index (χ0v) is 8.67. The zero-order chi connectivity index (χ0) is 13.0. The molecule has 0 spiro atoms. The Labute approximate surface area is 96.4 Å². The molecular weight excluding hydrogens is 229 g/mol. The van der Waals surface area contributed by atoms with Gasteiger partial charge in [-0.25, -0.2) is 4.39 Å². The van der Waals surface area contributed by atoms with E-state index in [1.54, 1.807) is 6.07 Å². The van der Waals surface area contributed by atoms with Gasteiger partial charge in [-0.1, -0.05) is 6.07 Å². The molecule has 90 valence electrons. The Balaban J connectivity index is 2.93. The van der Waals surface area contributed by atoms with Crippen LogP contribution in [0.15, 0.2) is 18.2 Å². The number of hydrogen-bond donors (Lipinski definition) is 3. The van der Waals surface area contributed by atoms with E-state index in [0.717, 1.165) is 12.1 Å². The van der Waals surface area contributed by atoms with Crippen molar-refractivity contribution in [2.24, 2.45) is 0 Å². The average Bonchev–Trinajstić information content (AvgIpc) is 2.27. The van der Waals surface area contributed by atoms with Gasteiger partial charge in [0.1, 0.15) is 11.9 Å². The Bertz CT molecular complexity index is 469. The second kappa shape index (κ2) is 5.39. The van der Waals surface area contributed by atoms with E-state index >= 15 is 0 Å². The van der Waals surface area contributed by atoms with Crippen LogP contribution in [-0.4, -0.2) is 27.4 Å². The van der Waals surface area contributed by atoms with Crippen molar-refractivity contribution < 1.29 is 24.5 Å². The van der Waals surface area contributed by atoms with Gasteiger partial charge in [0.25, 0.3) is 0 Å². The molecule has 0 saturated carbocycles. The number of halogens is 1. The number of aliphatic hydroxyl groups excluding tert-OH is 2. The Kier molecular flexibility index (Phi) is 4.15. The molecule has 17 heavy (non-hydrogen) atoms. The molecule has 0 aliphatic rings.